The van der Waals surface area contributed by atoms with E-state index < -0.39 is 5.82 Å². The summed E-state index contributed by atoms with van der Waals surface area (Å²) in [5, 5.41) is 0.327. The molecule has 2 amide bonds. The number of benzene rings is 1. The van der Waals surface area contributed by atoms with E-state index in [2.05, 4.69) is 0 Å². The molecule has 1 fully saturated rings. The lowest BCUT2D eigenvalue weighted by Gasteiger charge is -2.34. The maximum atomic E-state index is 13.9. The molecule has 0 spiro atoms. The van der Waals surface area contributed by atoms with E-state index in [1.807, 2.05) is 0 Å². The lowest BCUT2D eigenvalue weighted by molar-refractivity contribution is 0.181. The fourth-order valence-electron chi connectivity index (χ4n) is 2.72. The molecular formula is C15H20ClFN2O. The van der Waals surface area contributed by atoms with Crippen LogP contribution in [0.4, 0.5) is 14.9 Å². The molecule has 0 bridgehead atoms. The average molecular weight is 299 g/mol. The van der Waals surface area contributed by atoms with Crippen LogP contribution < -0.4 is 4.90 Å². The third-order valence-corrected chi connectivity index (χ3v) is 4.22. The van der Waals surface area contributed by atoms with Crippen LogP contribution in [0.5, 0.6) is 0 Å². The lowest BCUT2D eigenvalue weighted by Crippen LogP contribution is -2.45. The molecule has 0 aromatic heterocycles. The highest BCUT2D eigenvalue weighted by atomic mass is 35.5. The van der Waals surface area contributed by atoms with Gasteiger partial charge in [-0.1, -0.05) is 30.9 Å². The molecule has 0 N–H and O–H groups in total. The molecule has 3 nitrogen and oxygen atoms in total. The Morgan fingerprint density at radius 2 is 1.90 bits per heavy atom. The van der Waals surface area contributed by atoms with Crippen molar-refractivity contribution in [2.45, 2.75) is 38.1 Å². The highest BCUT2D eigenvalue weighted by Crippen LogP contribution is 2.26. The Morgan fingerprint density at radius 3 is 2.50 bits per heavy atom. The highest BCUT2D eigenvalue weighted by molar-refractivity contribution is 6.30. The van der Waals surface area contributed by atoms with Crippen molar-refractivity contribution in [3.63, 3.8) is 0 Å². The Kier molecular flexibility index (Phi) is 4.86. The molecule has 2 rings (SSSR count). The summed E-state index contributed by atoms with van der Waals surface area (Å²) < 4.78 is 13.9. The molecule has 1 saturated carbocycles. The van der Waals surface area contributed by atoms with Gasteiger partial charge < -0.3 is 4.90 Å². The van der Waals surface area contributed by atoms with Gasteiger partial charge in [-0.15, -0.1) is 0 Å². The van der Waals surface area contributed by atoms with Crippen LogP contribution >= 0.6 is 11.6 Å². The monoisotopic (exact) mass is 298 g/mol. The minimum absolute atomic E-state index is 0.182. The summed E-state index contributed by atoms with van der Waals surface area (Å²) in [5.74, 6) is -0.481. The van der Waals surface area contributed by atoms with Gasteiger partial charge in [-0.05, 0) is 31.0 Å². The number of hydrogen-bond donors (Lipinski definition) is 0. The number of rotatable bonds is 2. The zero-order valence-corrected chi connectivity index (χ0v) is 12.7. The fourth-order valence-corrected chi connectivity index (χ4v) is 2.88. The van der Waals surface area contributed by atoms with Gasteiger partial charge in [-0.2, -0.15) is 0 Å². The first-order valence-corrected chi connectivity index (χ1v) is 7.34. The third-order valence-electron chi connectivity index (χ3n) is 3.98. The summed E-state index contributed by atoms with van der Waals surface area (Å²) in [5.41, 5.74) is 0.252. The van der Waals surface area contributed by atoms with Crippen LogP contribution in [0.15, 0.2) is 18.2 Å². The number of urea groups is 1. The molecule has 0 saturated heterocycles. The Hall–Kier alpha value is -1.29. The van der Waals surface area contributed by atoms with Crippen molar-refractivity contribution in [3.05, 3.63) is 29.0 Å². The topological polar surface area (TPSA) is 23.6 Å². The van der Waals surface area contributed by atoms with Gasteiger partial charge in [0, 0.05) is 25.2 Å². The summed E-state index contributed by atoms with van der Waals surface area (Å²) in [6, 6.07) is 4.42. The molecule has 1 aromatic carbocycles. The Balaban J connectivity index is 2.10. The molecule has 0 unspecified atom stereocenters. The number of amides is 2. The van der Waals surface area contributed by atoms with Crippen molar-refractivity contribution in [2.24, 2.45) is 0 Å². The molecule has 20 heavy (non-hydrogen) atoms. The largest absolute Gasteiger partial charge is 0.324 e. The predicted molar refractivity (Wildman–Crippen MR) is 79.8 cm³/mol. The van der Waals surface area contributed by atoms with E-state index >= 15 is 0 Å². The smallest absolute Gasteiger partial charge is 0.324 e. The van der Waals surface area contributed by atoms with Gasteiger partial charge in [0.25, 0.3) is 0 Å². The van der Waals surface area contributed by atoms with Gasteiger partial charge >= 0.3 is 6.03 Å². The zero-order chi connectivity index (χ0) is 14.7. The van der Waals surface area contributed by atoms with Gasteiger partial charge in [-0.25, -0.2) is 9.18 Å². The van der Waals surface area contributed by atoms with Gasteiger partial charge in [0.2, 0.25) is 0 Å². The minimum atomic E-state index is -0.481. The molecule has 110 valence electrons. The van der Waals surface area contributed by atoms with Crippen LogP contribution in [0.25, 0.3) is 0 Å². The standard InChI is InChI=1S/C15H20ClFN2O/c1-18(12-6-4-3-5-7-12)15(20)19(2)14-9-8-11(16)10-13(14)17/h8-10,12H,3-7H2,1-2H3. The number of anilines is 1. The summed E-state index contributed by atoms with van der Waals surface area (Å²) in [7, 11) is 3.39. The van der Waals surface area contributed by atoms with E-state index in [4.69, 9.17) is 11.6 Å². The molecule has 1 aromatic rings. The van der Waals surface area contributed by atoms with Crippen LogP contribution in [0.1, 0.15) is 32.1 Å². The Labute approximate surface area is 124 Å². The van der Waals surface area contributed by atoms with Crippen LogP contribution in [-0.4, -0.2) is 31.1 Å². The van der Waals surface area contributed by atoms with Crippen molar-refractivity contribution in [2.75, 3.05) is 19.0 Å². The quantitative estimate of drug-likeness (QED) is 0.798. The normalized spacial score (nSPS) is 16.0. The lowest BCUT2D eigenvalue weighted by atomic mass is 9.95. The molecule has 0 radical (unpaired) electrons. The SMILES string of the molecule is CN(C(=O)N(C)C1CCCCC1)c1ccc(Cl)cc1F. The van der Waals surface area contributed by atoms with E-state index in [-0.39, 0.29) is 17.8 Å². The van der Waals surface area contributed by atoms with E-state index in [1.54, 1.807) is 25.1 Å². The van der Waals surface area contributed by atoms with Crippen LogP contribution in [0, 0.1) is 5.82 Å². The van der Waals surface area contributed by atoms with Gasteiger partial charge in [0.1, 0.15) is 5.82 Å². The Bertz CT molecular complexity index is 489. The fraction of sp³-hybridized carbons (Fsp3) is 0.533. The van der Waals surface area contributed by atoms with Crippen molar-refractivity contribution in [1.82, 2.24) is 4.90 Å². The van der Waals surface area contributed by atoms with Crippen molar-refractivity contribution < 1.29 is 9.18 Å². The summed E-state index contributed by atoms with van der Waals surface area (Å²) >= 11 is 5.73. The molecule has 0 atom stereocenters. The third kappa shape index (κ3) is 3.23. The van der Waals surface area contributed by atoms with Crippen LogP contribution in [0.2, 0.25) is 5.02 Å². The van der Waals surface area contributed by atoms with E-state index in [0.717, 1.165) is 25.7 Å². The number of carbonyl (C=O) groups excluding carboxylic acids is 1. The van der Waals surface area contributed by atoms with Crippen molar-refractivity contribution >= 4 is 23.3 Å². The zero-order valence-electron chi connectivity index (χ0n) is 11.9. The maximum Gasteiger partial charge on any atom is 0.324 e. The van der Waals surface area contributed by atoms with Gasteiger partial charge in [0.15, 0.2) is 0 Å². The van der Waals surface area contributed by atoms with Gasteiger partial charge in [-0.3, -0.25) is 4.90 Å². The van der Waals surface area contributed by atoms with Crippen LogP contribution in [0.3, 0.4) is 0 Å². The molecule has 0 heterocycles. The van der Waals surface area contributed by atoms with E-state index in [1.165, 1.54) is 23.5 Å². The number of hydrogen-bond acceptors (Lipinski definition) is 1. The second-order valence-corrected chi connectivity index (χ2v) is 5.78. The highest BCUT2D eigenvalue weighted by Gasteiger charge is 2.25. The number of halogens is 2. The van der Waals surface area contributed by atoms with E-state index in [0.29, 0.717) is 5.02 Å². The molecular weight excluding hydrogens is 279 g/mol. The summed E-state index contributed by atoms with van der Waals surface area (Å²) in [4.78, 5) is 15.5. The molecule has 5 heteroatoms. The average Bonchev–Trinajstić information content (AvgIpc) is 2.46. The molecule has 1 aliphatic rings. The minimum Gasteiger partial charge on any atom is -0.324 e. The van der Waals surface area contributed by atoms with E-state index in [9.17, 15) is 9.18 Å². The predicted octanol–water partition coefficient (Wildman–Crippen LogP) is 4.30. The first kappa shape index (κ1) is 15.1. The van der Waals surface area contributed by atoms with Crippen molar-refractivity contribution in [3.8, 4) is 0 Å². The summed E-state index contributed by atoms with van der Waals surface area (Å²) in [6.45, 7) is 0. The van der Waals surface area contributed by atoms with Gasteiger partial charge in [0.05, 0.1) is 5.69 Å². The second-order valence-electron chi connectivity index (χ2n) is 5.34. The number of nitrogens with zero attached hydrogens (tertiary/aromatic N) is 2. The van der Waals surface area contributed by atoms with Crippen molar-refractivity contribution in [1.29, 1.82) is 0 Å². The maximum absolute atomic E-state index is 13.9. The number of carbonyl (C=O) groups is 1. The first-order chi connectivity index (χ1) is 9.50. The summed E-state index contributed by atoms with van der Waals surface area (Å²) in [6.07, 6.45) is 5.60. The molecule has 1 aliphatic carbocycles. The first-order valence-electron chi connectivity index (χ1n) is 6.96. The second kappa shape index (κ2) is 6.44. The molecule has 0 aliphatic heterocycles. The Morgan fingerprint density at radius 1 is 1.25 bits per heavy atom. The van der Waals surface area contributed by atoms with Crippen LogP contribution in [-0.2, 0) is 0 Å².